The highest BCUT2D eigenvalue weighted by molar-refractivity contribution is 9.25. The van der Waals surface area contributed by atoms with Crippen molar-refractivity contribution in [3.63, 3.8) is 0 Å². The average molecular weight is 407 g/mol. The number of hydrogen-bond acceptors (Lipinski definition) is 0. The van der Waals surface area contributed by atoms with Gasteiger partial charge in [-0.25, -0.2) is 0 Å². The van der Waals surface area contributed by atoms with Crippen LogP contribution in [0.1, 0.15) is 0 Å². The Hall–Kier alpha value is 2.60. The Kier molecular flexibility index (Phi) is 11.4. The van der Waals surface area contributed by atoms with Crippen molar-refractivity contribution in [2.75, 3.05) is 0 Å². The zero-order valence-electron chi connectivity index (χ0n) is 3.72. The highest BCUT2D eigenvalue weighted by Gasteiger charge is 2.10. The van der Waals surface area contributed by atoms with E-state index in [0.29, 0.717) is 0 Å². The fourth-order valence-corrected chi connectivity index (χ4v) is 0. The molecule has 0 aliphatic rings. The number of rotatable bonds is 0. The summed E-state index contributed by atoms with van der Waals surface area (Å²) < 4.78 is -1.34. The summed E-state index contributed by atoms with van der Waals surface area (Å²) in [4.78, 5) is 0. The van der Waals surface area contributed by atoms with E-state index in [9.17, 15) is 0 Å². The summed E-state index contributed by atoms with van der Waals surface area (Å²) in [5, 5.41) is 0. The van der Waals surface area contributed by atoms with E-state index in [1.807, 2.05) is 0 Å². The van der Waals surface area contributed by atoms with Gasteiger partial charge >= 0.3 is 0 Å². The summed E-state index contributed by atoms with van der Waals surface area (Å²) in [6, 6.07) is 0. The maximum Gasteiger partial charge on any atom is 0.245 e. The van der Waals surface area contributed by atoms with Crippen LogP contribution in [0.2, 0.25) is 0 Å². The highest BCUT2D eigenvalue weighted by Crippen LogP contribution is 2.32. The van der Waals surface area contributed by atoms with E-state index < -0.39 is 2.70 Å². The van der Waals surface area contributed by atoms with Gasteiger partial charge in [0.25, 0.3) is 0 Å². The molecule has 0 amide bonds. The van der Waals surface area contributed by atoms with Crippen molar-refractivity contribution >= 4 is 94.2 Å². The van der Waals surface area contributed by atoms with Crippen LogP contribution in [0.4, 0.5) is 0 Å². The van der Waals surface area contributed by atoms with Crippen LogP contribution in [-0.2, 0) is 0 Å². The van der Waals surface area contributed by atoms with Crippen LogP contribution >= 0.6 is 94.2 Å². The van der Waals surface area contributed by atoms with E-state index in [-0.39, 0.29) is 3.20 Å². The molecule has 0 aliphatic heterocycles. The van der Waals surface area contributed by atoms with Crippen molar-refractivity contribution in [1.82, 2.24) is 0 Å². The van der Waals surface area contributed by atoms with Crippen molar-refractivity contribution in [3.05, 3.63) is 0 Å². The van der Waals surface area contributed by atoms with Crippen LogP contribution in [0.5, 0.6) is 0 Å². The van der Waals surface area contributed by atoms with Gasteiger partial charge in [-0.1, -0.05) is 78.3 Å². The molecule has 9 heavy (non-hydrogen) atoms. The van der Waals surface area contributed by atoms with E-state index in [0.717, 1.165) is 0 Å². The van der Waals surface area contributed by atoms with Gasteiger partial charge in [-0.3, -0.25) is 0 Å². The van der Waals surface area contributed by atoms with E-state index >= 15 is 0 Å². The second kappa shape index (κ2) is 7.26. The monoisotopic (exact) mass is 402 g/mol. The largest absolute Gasteiger partial charge is 0.245 e. The minimum atomic E-state index is -1.27. The molecular weight excluding hydrogens is 406 g/mol. The van der Waals surface area contributed by atoms with Gasteiger partial charge in [-0.15, -0.1) is 0 Å². The lowest BCUT2D eigenvalue weighted by Crippen LogP contribution is -1.79. The Morgan fingerprint density at radius 2 is 1.11 bits per heavy atom. The van der Waals surface area contributed by atoms with Crippen LogP contribution < -0.4 is 0 Å². The first-order valence-electron chi connectivity index (χ1n) is 1.41. The van der Waals surface area contributed by atoms with Crippen molar-refractivity contribution in [3.8, 4) is 0 Å². The molecule has 7 heteroatoms. The Labute approximate surface area is 98.9 Å². The van der Waals surface area contributed by atoms with Gasteiger partial charge in [0.15, 0.2) is 0 Å². The van der Waals surface area contributed by atoms with Gasteiger partial charge in [0.1, 0.15) is 3.20 Å². The zero-order valence-corrected chi connectivity index (χ0v) is 11.5. The molecule has 0 N–H and O–H groups in total. The molecule has 0 nitrogen and oxygen atoms in total. The molecular formula is C2HBr3Cl4. The number of alkyl halides is 7. The Morgan fingerprint density at radius 3 is 1.11 bits per heavy atom. The predicted molar refractivity (Wildman–Crippen MR) is 56.7 cm³/mol. The molecule has 0 aromatic carbocycles. The summed E-state index contributed by atoms with van der Waals surface area (Å²) in [6.45, 7) is 0. The van der Waals surface area contributed by atoms with Crippen molar-refractivity contribution < 1.29 is 0 Å². The lowest BCUT2D eigenvalue weighted by Gasteiger charge is -1.91. The topological polar surface area (TPSA) is 0 Å². The molecule has 0 fully saturated rings. The lowest BCUT2D eigenvalue weighted by atomic mass is 11.9. The second-order valence-electron chi connectivity index (χ2n) is 0.676. The van der Waals surface area contributed by atoms with E-state index in [1.54, 1.807) is 0 Å². The molecule has 0 rings (SSSR count). The van der Waals surface area contributed by atoms with Gasteiger partial charge in [-0.05, 0) is 15.9 Å². The smallest absolute Gasteiger partial charge is 0.0977 e. The Morgan fingerprint density at radius 1 is 1.11 bits per heavy atom. The van der Waals surface area contributed by atoms with Crippen LogP contribution in [-0.4, -0.2) is 5.90 Å². The number of hydrogen-bond donors (Lipinski definition) is 0. The molecule has 0 saturated carbocycles. The molecule has 0 spiro atoms. The summed E-state index contributed by atoms with van der Waals surface area (Å²) in [5.74, 6) is 0. The molecule has 58 valence electrons. The molecule has 0 saturated heterocycles. The molecule has 0 aromatic heterocycles. The van der Waals surface area contributed by atoms with Crippen LogP contribution in [0, 0.1) is 0 Å². The van der Waals surface area contributed by atoms with Gasteiger partial charge in [0, 0.05) is 0 Å². The second-order valence-corrected chi connectivity index (χ2v) is 10.1. The number of halogens is 7. The maximum atomic E-state index is 5.11. The first-order chi connectivity index (χ1) is 3.73. The third kappa shape index (κ3) is 116. The van der Waals surface area contributed by atoms with E-state index in [1.165, 1.54) is 0 Å². The molecule has 0 heterocycles. The van der Waals surface area contributed by atoms with Gasteiger partial charge in [-0.2, -0.15) is 0 Å². The minimum absolute atomic E-state index is 0.0694. The van der Waals surface area contributed by atoms with Crippen LogP contribution in [0.15, 0.2) is 0 Å². The fraction of sp³-hybridized carbons (Fsp3) is 1.00. The first-order valence-corrected chi connectivity index (χ1v) is 5.61. The summed E-state index contributed by atoms with van der Waals surface area (Å²) >= 11 is 28.6. The van der Waals surface area contributed by atoms with E-state index in [2.05, 4.69) is 47.8 Å². The summed E-state index contributed by atoms with van der Waals surface area (Å²) in [7, 11) is 0. The fourth-order valence-electron chi connectivity index (χ4n) is 0. The molecule has 0 aliphatic carbocycles. The average Bonchev–Trinajstić information content (AvgIpc) is 1.19. The molecule has 0 atom stereocenters. The SMILES string of the molecule is ClC(Br)Br.ClC(Cl)(Cl)Br. The van der Waals surface area contributed by atoms with Crippen molar-refractivity contribution in [1.29, 1.82) is 0 Å². The van der Waals surface area contributed by atoms with Gasteiger partial charge < -0.3 is 0 Å². The van der Waals surface area contributed by atoms with Crippen LogP contribution in [0.3, 0.4) is 0 Å². The molecule has 0 aromatic rings. The first kappa shape index (κ1) is 14.1. The predicted octanol–water partition coefficient (Wildman–Crippen LogP) is 5.01. The van der Waals surface area contributed by atoms with Crippen molar-refractivity contribution in [2.24, 2.45) is 0 Å². The van der Waals surface area contributed by atoms with Gasteiger partial charge in [0.2, 0.25) is 2.70 Å². The normalized spacial score (nSPS) is 10.7. The Balaban J connectivity index is 0. The van der Waals surface area contributed by atoms with Gasteiger partial charge in [0.05, 0.1) is 0 Å². The molecule has 0 radical (unpaired) electrons. The summed E-state index contributed by atoms with van der Waals surface area (Å²) in [6.07, 6.45) is 0. The van der Waals surface area contributed by atoms with Crippen molar-refractivity contribution in [2.45, 2.75) is 5.90 Å². The zero-order chi connectivity index (χ0) is 8.08. The quantitative estimate of drug-likeness (QED) is 0.496. The van der Waals surface area contributed by atoms with Crippen LogP contribution in [0.25, 0.3) is 0 Å². The lowest BCUT2D eigenvalue weighted by molar-refractivity contribution is 1.84. The Bertz CT molecular complexity index is 50.6. The standard InChI is InChI=1S/CHBr2Cl.CBrCl3/c2-1(3)4;2-1(3,4)5/h1H;. The maximum absolute atomic E-state index is 5.11. The third-order valence-electron chi connectivity index (χ3n) is 0. The van der Waals surface area contributed by atoms with E-state index in [4.69, 9.17) is 46.4 Å². The molecule has 0 unspecified atom stereocenters. The molecule has 0 bridgehead atoms. The highest BCUT2D eigenvalue weighted by atomic mass is 79.9. The third-order valence-corrected chi connectivity index (χ3v) is 0. The minimum Gasteiger partial charge on any atom is -0.0977 e. The summed E-state index contributed by atoms with van der Waals surface area (Å²) in [5.41, 5.74) is 0.